The first-order chi connectivity index (χ1) is 18.6. The van der Waals surface area contributed by atoms with Gasteiger partial charge >= 0.3 is 230 Å². The van der Waals surface area contributed by atoms with E-state index in [9.17, 15) is 4.79 Å². The third-order valence-corrected chi connectivity index (χ3v) is 8.43. The summed E-state index contributed by atoms with van der Waals surface area (Å²) in [4.78, 5) is 13.1. The number of ether oxygens (including phenoxy) is 5. The van der Waals surface area contributed by atoms with Crippen LogP contribution in [0.1, 0.15) is 0 Å². The molecule has 3 aromatic rings. The van der Waals surface area contributed by atoms with E-state index in [0.29, 0.717) is 6.61 Å². The van der Waals surface area contributed by atoms with Gasteiger partial charge in [-0.15, -0.1) is 0 Å². The number of benzene rings is 3. The molecule has 0 radical (unpaired) electrons. The zero-order chi connectivity index (χ0) is 26.7. The van der Waals surface area contributed by atoms with Crippen LogP contribution in [0.5, 0.6) is 0 Å². The maximum absolute atomic E-state index is 13.1. The molecule has 1 aliphatic rings. The van der Waals surface area contributed by atoms with Crippen molar-refractivity contribution < 1.29 is 28.5 Å². The number of nitrogens with zero attached hydrogens (tertiary/aromatic N) is 2. The fourth-order valence-electron chi connectivity index (χ4n) is 4.22. The zero-order valence-corrected chi connectivity index (χ0v) is 23.3. The number of hydrazone groups is 1. The summed E-state index contributed by atoms with van der Waals surface area (Å²) in [7, 11) is 4.79. The Morgan fingerprint density at radius 3 is 2.03 bits per heavy atom. The van der Waals surface area contributed by atoms with Gasteiger partial charge in [0.2, 0.25) is 0 Å². The van der Waals surface area contributed by atoms with Gasteiger partial charge in [-0.25, -0.2) is 0 Å². The molecular weight excluding hydrogens is 551 g/mol. The third kappa shape index (κ3) is 7.08. The molecule has 0 N–H and O–H groups in total. The minimum atomic E-state index is -0.652. The molecule has 1 fully saturated rings. The predicted octanol–water partition coefficient (Wildman–Crippen LogP) is 3.15. The summed E-state index contributed by atoms with van der Waals surface area (Å²) in [5.41, 5.74) is 1.63. The van der Waals surface area contributed by atoms with E-state index in [-0.39, 0.29) is 26.1 Å². The quantitative estimate of drug-likeness (QED) is 0.140. The number of hydrogen-bond donors (Lipinski definition) is 0. The van der Waals surface area contributed by atoms with Crippen LogP contribution in [0, 0.1) is 0 Å². The Balaban J connectivity index is 1.56. The number of hydrogen-bond acceptors (Lipinski definition) is 8. The van der Waals surface area contributed by atoms with Gasteiger partial charge in [0.15, 0.2) is 0 Å². The van der Waals surface area contributed by atoms with Crippen LogP contribution in [-0.4, -0.2) is 84.5 Å². The van der Waals surface area contributed by atoms with Gasteiger partial charge in [-0.05, 0) is 0 Å². The van der Waals surface area contributed by atoms with E-state index < -0.39 is 24.3 Å². The zero-order valence-electron chi connectivity index (χ0n) is 21.6. The fraction of sp³-hybridized carbons (Fsp3) is 0.310. The van der Waals surface area contributed by atoms with Crippen LogP contribution in [0.4, 0.5) is 11.4 Å². The van der Waals surface area contributed by atoms with E-state index in [1.54, 1.807) is 26.3 Å². The fourth-order valence-corrected chi connectivity index (χ4v) is 6.55. The van der Waals surface area contributed by atoms with Crippen LogP contribution in [0.3, 0.4) is 0 Å². The van der Waals surface area contributed by atoms with Gasteiger partial charge in [-0.3, -0.25) is 0 Å². The molecule has 0 spiro atoms. The summed E-state index contributed by atoms with van der Waals surface area (Å²) in [5.74, 6) is -0.590. The summed E-state index contributed by atoms with van der Waals surface area (Å²) < 4.78 is 30.3. The number of anilines is 2. The Morgan fingerprint density at radius 2 is 1.50 bits per heavy atom. The summed E-state index contributed by atoms with van der Waals surface area (Å²) in [6, 6.07) is 29.2. The summed E-state index contributed by atoms with van der Waals surface area (Å²) in [6.45, 7) is 0.317. The van der Waals surface area contributed by atoms with Crippen molar-refractivity contribution in [2.24, 2.45) is 5.10 Å². The number of para-hydroxylation sites is 2. The molecule has 5 atom stereocenters. The van der Waals surface area contributed by atoms with E-state index in [1.165, 1.54) is 6.21 Å². The summed E-state index contributed by atoms with van der Waals surface area (Å²) in [6.07, 6.45) is -0.860. The van der Waals surface area contributed by atoms with Crippen molar-refractivity contribution >= 4 is 43.0 Å². The molecular formula is C29H32N2O6Se. The van der Waals surface area contributed by atoms with Crippen LogP contribution < -0.4 is 9.47 Å². The standard InChI is InChI=1S/C29H32N2O6Se/c1-33-20-24(34-2)26-27(35-3)28(29(37-26)38-23-17-11-6-12-18-23)36-25(32)19-30-31(21-13-7-4-8-14-21)22-15-9-5-10-16-22/h4-19,24,26-29H,20H2,1-3H3/b30-19+/t24-,26-,27+,28-,29+/m1/s1. The molecule has 200 valence electrons. The molecule has 0 aromatic heterocycles. The second-order valence-corrected chi connectivity index (χ2v) is 10.9. The van der Waals surface area contributed by atoms with Gasteiger partial charge in [-0.2, -0.15) is 0 Å². The van der Waals surface area contributed by atoms with Crippen molar-refractivity contribution in [1.82, 2.24) is 0 Å². The van der Waals surface area contributed by atoms with Crippen molar-refractivity contribution in [3.8, 4) is 0 Å². The molecule has 0 saturated carbocycles. The van der Waals surface area contributed by atoms with Crippen LogP contribution in [0.15, 0.2) is 96.1 Å². The molecule has 1 heterocycles. The van der Waals surface area contributed by atoms with Gasteiger partial charge in [0.25, 0.3) is 0 Å². The van der Waals surface area contributed by atoms with E-state index in [1.807, 2.05) is 91.0 Å². The first-order valence-corrected chi connectivity index (χ1v) is 14.1. The van der Waals surface area contributed by atoms with Crippen LogP contribution in [-0.2, 0) is 28.5 Å². The average Bonchev–Trinajstić information content (AvgIpc) is 3.29. The van der Waals surface area contributed by atoms with E-state index in [0.717, 1.165) is 15.8 Å². The number of carbonyl (C=O) groups is 1. The number of carbonyl (C=O) groups excluding carboxylic acids is 1. The van der Waals surface area contributed by atoms with E-state index >= 15 is 0 Å². The Bertz CT molecular complexity index is 1110. The number of rotatable bonds is 12. The van der Waals surface area contributed by atoms with Crippen LogP contribution in [0.2, 0.25) is 0 Å². The average molecular weight is 584 g/mol. The SMILES string of the molecule is COC[C@@H](OC)[C@H]1O[C@@H]([Se]c2ccccc2)[C@H](OC(=O)/C=N/N(c2ccccc2)c2ccccc2)[C@H]1OC. The molecule has 3 aromatic carbocycles. The van der Waals surface area contributed by atoms with Crippen molar-refractivity contribution in [3.05, 3.63) is 91.0 Å². The first-order valence-electron chi connectivity index (χ1n) is 12.2. The molecule has 0 amide bonds. The van der Waals surface area contributed by atoms with Crippen molar-refractivity contribution in [3.63, 3.8) is 0 Å². The van der Waals surface area contributed by atoms with Gasteiger partial charge in [-0.1, -0.05) is 0 Å². The Hall–Kier alpha value is -3.04. The summed E-state index contributed by atoms with van der Waals surface area (Å²) >= 11 is -0.152. The van der Waals surface area contributed by atoms with Gasteiger partial charge in [0.1, 0.15) is 0 Å². The molecule has 0 aliphatic carbocycles. The van der Waals surface area contributed by atoms with Gasteiger partial charge < -0.3 is 0 Å². The number of esters is 1. The molecule has 1 aliphatic heterocycles. The molecule has 8 nitrogen and oxygen atoms in total. The topological polar surface area (TPSA) is 78.8 Å². The first kappa shape index (κ1) is 28.0. The van der Waals surface area contributed by atoms with Crippen molar-refractivity contribution in [1.29, 1.82) is 0 Å². The van der Waals surface area contributed by atoms with E-state index in [4.69, 9.17) is 23.7 Å². The monoisotopic (exact) mass is 584 g/mol. The molecule has 9 heteroatoms. The maximum atomic E-state index is 13.1. The minimum absolute atomic E-state index is 0.152. The summed E-state index contributed by atoms with van der Waals surface area (Å²) in [5, 5.41) is 5.78. The Labute approximate surface area is 229 Å². The van der Waals surface area contributed by atoms with E-state index in [2.05, 4.69) is 5.10 Å². The normalized spacial score (nSPS) is 21.9. The van der Waals surface area contributed by atoms with Crippen LogP contribution in [0.25, 0.3) is 0 Å². The Morgan fingerprint density at radius 1 is 0.921 bits per heavy atom. The predicted molar refractivity (Wildman–Crippen MR) is 147 cm³/mol. The molecule has 0 bridgehead atoms. The molecule has 1 saturated heterocycles. The van der Waals surface area contributed by atoms with Crippen LogP contribution >= 0.6 is 0 Å². The van der Waals surface area contributed by atoms with Gasteiger partial charge in [0, 0.05) is 0 Å². The Kier molecular flexibility index (Phi) is 10.5. The second kappa shape index (κ2) is 14.2. The number of methoxy groups -OCH3 is 3. The molecule has 4 rings (SSSR count). The third-order valence-electron chi connectivity index (χ3n) is 6.01. The molecule has 38 heavy (non-hydrogen) atoms. The van der Waals surface area contributed by atoms with Gasteiger partial charge in [0.05, 0.1) is 0 Å². The second-order valence-electron chi connectivity index (χ2n) is 8.46. The van der Waals surface area contributed by atoms with Crippen molar-refractivity contribution in [2.75, 3.05) is 32.9 Å². The van der Waals surface area contributed by atoms with Crippen molar-refractivity contribution in [2.45, 2.75) is 29.4 Å². The molecule has 0 unspecified atom stereocenters.